The molecule has 1 heterocycles. The first-order valence-electron chi connectivity index (χ1n) is 5.21. The number of aliphatic carboxylic acids is 1. The van der Waals surface area contributed by atoms with Gasteiger partial charge in [-0.3, -0.25) is 14.9 Å². The highest BCUT2D eigenvalue weighted by molar-refractivity contribution is 5.95. The van der Waals surface area contributed by atoms with E-state index in [1.165, 1.54) is 17.8 Å². The van der Waals surface area contributed by atoms with E-state index in [9.17, 15) is 19.7 Å². The maximum atomic E-state index is 11.8. The fourth-order valence-electron chi connectivity index (χ4n) is 1.44. The lowest BCUT2D eigenvalue weighted by Gasteiger charge is -2.12. The van der Waals surface area contributed by atoms with Crippen molar-refractivity contribution in [2.24, 2.45) is 7.05 Å². The lowest BCUT2D eigenvalue weighted by Crippen LogP contribution is -2.40. The summed E-state index contributed by atoms with van der Waals surface area (Å²) in [5, 5.41) is 21.6. The summed E-state index contributed by atoms with van der Waals surface area (Å²) >= 11 is 0. The fraction of sp³-hybridized carbons (Fsp3) is 0.400. The van der Waals surface area contributed by atoms with Gasteiger partial charge in [0.1, 0.15) is 11.7 Å². The monoisotopic (exact) mass is 255 g/mol. The smallest absolute Gasteiger partial charge is 0.326 e. The van der Waals surface area contributed by atoms with Crippen LogP contribution in [0.5, 0.6) is 0 Å². The summed E-state index contributed by atoms with van der Waals surface area (Å²) in [6.07, 6.45) is 1.42. The van der Waals surface area contributed by atoms with Crippen molar-refractivity contribution in [1.82, 2.24) is 9.88 Å². The van der Waals surface area contributed by atoms with Crippen molar-refractivity contribution in [3.8, 4) is 0 Å². The van der Waals surface area contributed by atoms with E-state index in [0.29, 0.717) is 0 Å². The standard InChI is InChI=1S/C10H13N3O5/c1-3-7(10(15)16)11-9(14)8-4-6(13(17)18)5-12(8)2/h4-5,7H,3H2,1-2H3,(H,11,14)(H,15,16)/t7-/m0/s1. The minimum absolute atomic E-state index is 0.0430. The van der Waals surface area contributed by atoms with Crippen LogP contribution in [-0.4, -0.2) is 32.5 Å². The SMILES string of the molecule is CC[C@H](NC(=O)c1cc([N+](=O)[O-])cn1C)C(=O)O. The van der Waals surface area contributed by atoms with Crippen molar-refractivity contribution in [2.45, 2.75) is 19.4 Å². The summed E-state index contributed by atoms with van der Waals surface area (Å²) in [6, 6.07) is 0.0932. The second kappa shape index (κ2) is 5.30. The van der Waals surface area contributed by atoms with Crippen LogP contribution in [0.1, 0.15) is 23.8 Å². The molecule has 98 valence electrons. The van der Waals surface area contributed by atoms with E-state index in [1.807, 2.05) is 0 Å². The highest BCUT2D eigenvalue weighted by Gasteiger charge is 2.22. The minimum Gasteiger partial charge on any atom is -0.480 e. The number of aromatic nitrogens is 1. The number of carbonyl (C=O) groups is 2. The Hall–Kier alpha value is -2.38. The zero-order chi connectivity index (χ0) is 13.9. The molecule has 0 aliphatic rings. The van der Waals surface area contributed by atoms with E-state index in [1.54, 1.807) is 6.92 Å². The molecule has 2 N–H and O–H groups in total. The average Bonchev–Trinajstić information content (AvgIpc) is 2.67. The van der Waals surface area contributed by atoms with Gasteiger partial charge in [-0.05, 0) is 6.42 Å². The predicted octanol–water partition coefficient (Wildman–Crippen LogP) is 0.526. The Balaban J connectivity index is 2.90. The van der Waals surface area contributed by atoms with Gasteiger partial charge in [-0.2, -0.15) is 0 Å². The highest BCUT2D eigenvalue weighted by Crippen LogP contribution is 2.15. The quantitative estimate of drug-likeness (QED) is 0.588. The van der Waals surface area contributed by atoms with Crippen molar-refractivity contribution >= 4 is 17.6 Å². The molecule has 1 rings (SSSR count). The number of carboxylic acids is 1. The van der Waals surface area contributed by atoms with Gasteiger partial charge in [-0.25, -0.2) is 4.79 Å². The fourth-order valence-corrected chi connectivity index (χ4v) is 1.44. The van der Waals surface area contributed by atoms with Crippen molar-refractivity contribution in [2.75, 3.05) is 0 Å². The second-order valence-corrected chi connectivity index (χ2v) is 3.72. The summed E-state index contributed by atoms with van der Waals surface area (Å²) in [6.45, 7) is 1.62. The van der Waals surface area contributed by atoms with Gasteiger partial charge in [0.15, 0.2) is 0 Å². The van der Waals surface area contributed by atoms with Crippen LogP contribution in [0.4, 0.5) is 5.69 Å². The van der Waals surface area contributed by atoms with Crippen LogP contribution >= 0.6 is 0 Å². The number of aryl methyl sites for hydroxylation is 1. The van der Waals surface area contributed by atoms with Gasteiger partial charge >= 0.3 is 5.97 Å². The van der Waals surface area contributed by atoms with Crippen molar-refractivity contribution in [3.63, 3.8) is 0 Å². The summed E-state index contributed by atoms with van der Waals surface area (Å²) in [4.78, 5) is 32.4. The molecule has 1 aromatic heterocycles. The van der Waals surface area contributed by atoms with Gasteiger partial charge in [0.05, 0.1) is 11.1 Å². The molecule has 0 unspecified atom stereocenters. The number of carbonyl (C=O) groups excluding carboxylic acids is 1. The Kier molecular flexibility index (Phi) is 4.03. The van der Waals surface area contributed by atoms with Crippen LogP contribution in [0.25, 0.3) is 0 Å². The highest BCUT2D eigenvalue weighted by atomic mass is 16.6. The first-order valence-corrected chi connectivity index (χ1v) is 5.21. The Morgan fingerprint density at radius 1 is 1.61 bits per heavy atom. The van der Waals surface area contributed by atoms with E-state index in [0.717, 1.165) is 6.07 Å². The topological polar surface area (TPSA) is 114 Å². The van der Waals surface area contributed by atoms with Crippen LogP contribution in [0.15, 0.2) is 12.3 Å². The predicted molar refractivity (Wildman–Crippen MR) is 61.2 cm³/mol. The number of rotatable bonds is 5. The van der Waals surface area contributed by atoms with Gasteiger partial charge < -0.3 is 15.0 Å². The molecule has 8 heteroatoms. The Bertz CT molecular complexity index is 494. The van der Waals surface area contributed by atoms with E-state index in [2.05, 4.69) is 5.32 Å². The molecule has 8 nitrogen and oxygen atoms in total. The zero-order valence-corrected chi connectivity index (χ0v) is 9.91. The lowest BCUT2D eigenvalue weighted by atomic mass is 10.2. The first kappa shape index (κ1) is 13.7. The molecule has 1 aromatic rings. The molecule has 0 bridgehead atoms. The molecule has 0 radical (unpaired) electrons. The molecular weight excluding hydrogens is 242 g/mol. The van der Waals surface area contributed by atoms with Crippen LogP contribution < -0.4 is 5.32 Å². The van der Waals surface area contributed by atoms with Crippen LogP contribution in [0.3, 0.4) is 0 Å². The number of hydrogen-bond acceptors (Lipinski definition) is 4. The average molecular weight is 255 g/mol. The number of amides is 1. The molecule has 0 spiro atoms. The zero-order valence-electron chi connectivity index (χ0n) is 9.91. The molecule has 1 atom stereocenters. The number of nitro groups is 1. The minimum atomic E-state index is -1.14. The molecular formula is C10H13N3O5. The summed E-state index contributed by atoms with van der Waals surface area (Å²) in [5.74, 6) is -1.80. The Morgan fingerprint density at radius 3 is 2.61 bits per heavy atom. The maximum Gasteiger partial charge on any atom is 0.326 e. The van der Waals surface area contributed by atoms with E-state index >= 15 is 0 Å². The van der Waals surface area contributed by atoms with Crippen LogP contribution in [-0.2, 0) is 11.8 Å². The Labute approximate surface area is 102 Å². The molecule has 0 aromatic carbocycles. The molecule has 0 saturated heterocycles. The normalized spacial score (nSPS) is 11.9. The maximum absolute atomic E-state index is 11.8. The number of nitrogens with one attached hydrogen (secondary N) is 1. The van der Waals surface area contributed by atoms with Gasteiger partial charge in [0.2, 0.25) is 0 Å². The third-order valence-electron chi connectivity index (χ3n) is 2.45. The van der Waals surface area contributed by atoms with E-state index in [-0.39, 0.29) is 17.8 Å². The number of carboxylic acid groups (broad SMARTS) is 1. The molecule has 18 heavy (non-hydrogen) atoms. The number of nitrogens with zero attached hydrogens (tertiary/aromatic N) is 2. The first-order chi connectivity index (χ1) is 8.36. The molecule has 0 aliphatic heterocycles. The number of hydrogen-bond donors (Lipinski definition) is 2. The van der Waals surface area contributed by atoms with Crippen molar-refractivity contribution < 1.29 is 19.6 Å². The van der Waals surface area contributed by atoms with Crippen molar-refractivity contribution in [1.29, 1.82) is 0 Å². The second-order valence-electron chi connectivity index (χ2n) is 3.72. The molecule has 0 fully saturated rings. The molecule has 0 saturated carbocycles. The van der Waals surface area contributed by atoms with E-state index < -0.39 is 22.8 Å². The summed E-state index contributed by atoms with van der Waals surface area (Å²) in [5.41, 5.74) is -0.174. The van der Waals surface area contributed by atoms with Crippen LogP contribution in [0, 0.1) is 10.1 Å². The van der Waals surface area contributed by atoms with Crippen LogP contribution in [0.2, 0.25) is 0 Å². The van der Waals surface area contributed by atoms with Gasteiger partial charge in [-0.1, -0.05) is 6.92 Å². The van der Waals surface area contributed by atoms with Gasteiger partial charge in [0, 0.05) is 13.1 Å². The van der Waals surface area contributed by atoms with E-state index in [4.69, 9.17) is 5.11 Å². The van der Waals surface area contributed by atoms with Gasteiger partial charge in [0.25, 0.3) is 11.6 Å². The third kappa shape index (κ3) is 2.84. The summed E-state index contributed by atoms with van der Waals surface area (Å²) < 4.78 is 1.28. The van der Waals surface area contributed by atoms with Gasteiger partial charge in [-0.15, -0.1) is 0 Å². The largest absolute Gasteiger partial charge is 0.480 e. The van der Waals surface area contributed by atoms with Crippen molar-refractivity contribution in [3.05, 3.63) is 28.1 Å². The summed E-state index contributed by atoms with van der Waals surface area (Å²) in [7, 11) is 1.48. The molecule has 0 aliphatic carbocycles. The Morgan fingerprint density at radius 2 is 2.22 bits per heavy atom. The molecule has 1 amide bonds. The third-order valence-corrected chi connectivity index (χ3v) is 2.45. The lowest BCUT2D eigenvalue weighted by molar-refractivity contribution is -0.384.